The number of methoxy groups -OCH3 is 1. The van der Waals surface area contributed by atoms with E-state index in [0.717, 1.165) is 53.6 Å². The largest absolute Gasteiger partial charge is 0.465 e. The Balaban J connectivity index is 1.51. The number of carbonyl (C=O) groups excluding carboxylic acids is 2. The number of esters is 1. The van der Waals surface area contributed by atoms with Crippen LogP contribution < -0.4 is 5.32 Å². The lowest BCUT2D eigenvalue weighted by Gasteiger charge is -2.08. The van der Waals surface area contributed by atoms with Crippen molar-refractivity contribution in [1.29, 1.82) is 0 Å². The minimum Gasteiger partial charge on any atom is -0.465 e. The number of carbonyl (C=O) groups is 2. The van der Waals surface area contributed by atoms with Crippen LogP contribution in [-0.4, -0.2) is 34.7 Å². The summed E-state index contributed by atoms with van der Waals surface area (Å²) in [6.45, 7) is 0. The molecule has 6 nitrogen and oxygen atoms in total. The van der Waals surface area contributed by atoms with Gasteiger partial charge in [0.15, 0.2) is 0 Å². The molecule has 1 N–H and O–H groups in total. The molecule has 1 amide bonds. The molecule has 0 saturated heterocycles. The summed E-state index contributed by atoms with van der Waals surface area (Å²) in [7, 11) is 1.38. The van der Waals surface area contributed by atoms with Crippen LogP contribution in [0.2, 0.25) is 0 Å². The van der Waals surface area contributed by atoms with E-state index in [2.05, 4.69) is 15.3 Å². The smallest absolute Gasteiger partial charge is 0.341 e. The predicted molar refractivity (Wildman–Crippen MR) is 116 cm³/mol. The fourth-order valence-electron chi connectivity index (χ4n) is 3.54. The fraction of sp³-hybridized carbons (Fsp3) is 0.333. The zero-order chi connectivity index (χ0) is 20.2. The number of aromatic nitrogens is 2. The molecule has 0 aliphatic heterocycles. The minimum atomic E-state index is -0.380. The Hall–Kier alpha value is -2.45. The van der Waals surface area contributed by atoms with Crippen LogP contribution in [0.25, 0.3) is 10.9 Å². The molecule has 2 heterocycles. The topological polar surface area (TPSA) is 81.2 Å². The number of para-hydroxylation sites is 1. The number of benzene rings is 1. The summed E-state index contributed by atoms with van der Waals surface area (Å²) in [5, 5.41) is 5.22. The number of amides is 1. The summed E-state index contributed by atoms with van der Waals surface area (Å²) in [4.78, 5) is 34.8. The van der Waals surface area contributed by atoms with Crippen molar-refractivity contribution >= 4 is 50.9 Å². The minimum absolute atomic E-state index is 0.167. The van der Waals surface area contributed by atoms with Crippen molar-refractivity contribution in [2.45, 2.75) is 37.1 Å². The zero-order valence-corrected chi connectivity index (χ0v) is 17.7. The number of hydrogen-bond acceptors (Lipinski definition) is 7. The van der Waals surface area contributed by atoms with E-state index in [1.807, 2.05) is 24.3 Å². The second-order valence-corrected chi connectivity index (χ2v) is 8.86. The molecule has 3 aromatic rings. The summed E-state index contributed by atoms with van der Waals surface area (Å²) in [6, 6.07) is 7.71. The van der Waals surface area contributed by atoms with Crippen molar-refractivity contribution in [3.8, 4) is 0 Å². The molecule has 0 spiro atoms. The molecule has 0 unspecified atom stereocenters. The van der Waals surface area contributed by atoms with E-state index in [4.69, 9.17) is 4.74 Å². The summed E-state index contributed by atoms with van der Waals surface area (Å²) in [6.07, 6.45) is 6.63. The molecule has 8 heteroatoms. The lowest BCUT2D eigenvalue weighted by molar-refractivity contribution is -0.113. The molecular weight excluding hydrogens is 406 g/mol. The van der Waals surface area contributed by atoms with Gasteiger partial charge in [-0.15, -0.1) is 11.3 Å². The maximum absolute atomic E-state index is 12.6. The van der Waals surface area contributed by atoms with Gasteiger partial charge in [-0.3, -0.25) is 4.79 Å². The molecule has 29 heavy (non-hydrogen) atoms. The third-order valence-electron chi connectivity index (χ3n) is 4.91. The van der Waals surface area contributed by atoms with E-state index in [-0.39, 0.29) is 17.6 Å². The van der Waals surface area contributed by atoms with Gasteiger partial charge >= 0.3 is 5.97 Å². The number of rotatable bonds is 5. The Morgan fingerprint density at radius 3 is 2.86 bits per heavy atom. The maximum Gasteiger partial charge on any atom is 0.341 e. The molecule has 2 aromatic heterocycles. The molecule has 0 fully saturated rings. The van der Waals surface area contributed by atoms with Crippen LogP contribution in [0, 0.1) is 0 Å². The predicted octanol–water partition coefficient (Wildman–Crippen LogP) is 4.48. The SMILES string of the molecule is COC(=O)c1c(NC(=O)CSc2ncnc3ccccc23)sc2c1CCCCC2. The van der Waals surface area contributed by atoms with Crippen molar-refractivity contribution in [1.82, 2.24) is 9.97 Å². The van der Waals surface area contributed by atoms with Crippen LogP contribution in [-0.2, 0) is 22.4 Å². The molecule has 0 saturated carbocycles. The molecule has 1 aliphatic rings. The van der Waals surface area contributed by atoms with Crippen LogP contribution in [0.15, 0.2) is 35.6 Å². The highest BCUT2D eigenvalue weighted by Gasteiger charge is 2.26. The Bertz CT molecular complexity index is 1060. The number of ether oxygens (including phenoxy) is 1. The first-order chi connectivity index (χ1) is 14.2. The van der Waals surface area contributed by atoms with Gasteiger partial charge in [-0.1, -0.05) is 36.4 Å². The van der Waals surface area contributed by atoms with E-state index in [0.29, 0.717) is 10.6 Å². The second-order valence-electron chi connectivity index (χ2n) is 6.79. The van der Waals surface area contributed by atoms with Crippen LogP contribution in [0.3, 0.4) is 0 Å². The highest BCUT2D eigenvalue weighted by molar-refractivity contribution is 8.00. The van der Waals surface area contributed by atoms with Gasteiger partial charge in [0.05, 0.1) is 23.9 Å². The lowest BCUT2D eigenvalue weighted by Crippen LogP contribution is -2.16. The average molecular weight is 428 g/mol. The summed E-state index contributed by atoms with van der Waals surface area (Å²) in [5.41, 5.74) is 2.42. The Labute approximate surface area is 177 Å². The second kappa shape index (κ2) is 8.92. The zero-order valence-electron chi connectivity index (χ0n) is 16.1. The summed E-state index contributed by atoms with van der Waals surface area (Å²) >= 11 is 2.86. The van der Waals surface area contributed by atoms with Crippen LogP contribution >= 0.6 is 23.1 Å². The van der Waals surface area contributed by atoms with Crippen molar-refractivity contribution in [3.63, 3.8) is 0 Å². The summed E-state index contributed by atoms with van der Waals surface area (Å²) < 4.78 is 5.00. The third kappa shape index (κ3) is 4.28. The van der Waals surface area contributed by atoms with E-state index in [1.165, 1.54) is 41.4 Å². The first-order valence-corrected chi connectivity index (χ1v) is 11.3. The number of thioether (sulfide) groups is 1. The molecule has 0 atom stereocenters. The Morgan fingerprint density at radius 2 is 2.00 bits per heavy atom. The molecule has 1 aliphatic carbocycles. The van der Waals surface area contributed by atoms with Gasteiger partial charge in [0.25, 0.3) is 0 Å². The third-order valence-corrected chi connectivity index (χ3v) is 7.12. The highest BCUT2D eigenvalue weighted by atomic mass is 32.2. The molecule has 0 radical (unpaired) electrons. The van der Waals surface area contributed by atoms with Crippen molar-refractivity contribution < 1.29 is 14.3 Å². The fourth-order valence-corrected chi connectivity index (χ4v) is 5.62. The number of thiophene rings is 1. The van der Waals surface area contributed by atoms with E-state index in [9.17, 15) is 9.59 Å². The van der Waals surface area contributed by atoms with Crippen LogP contribution in [0.4, 0.5) is 5.00 Å². The number of aryl methyl sites for hydroxylation is 1. The van der Waals surface area contributed by atoms with Gasteiger partial charge in [0, 0.05) is 10.3 Å². The van der Waals surface area contributed by atoms with Gasteiger partial charge in [-0.25, -0.2) is 14.8 Å². The number of fused-ring (bicyclic) bond motifs is 2. The standard InChI is InChI=1S/C21H21N3O3S2/c1-27-21(26)18-14-8-3-2-4-10-16(14)29-20(18)24-17(25)11-28-19-13-7-5-6-9-15(13)22-12-23-19/h5-7,9,12H,2-4,8,10-11H2,1H3,(H,24,25). The van der Waals surface area contributed by atoms with Crippen LogP contribution in [0.5, 0.6) is 0 Å². The van der Waals surface area contributed by atoms with E-state index in [1.54, 1.807) is 0 Å². The molecule has 150 valence electrons. The Kier molecular flexibility index (Phi) is 6.10. The number of anilines is 1. The number of nitrogens with one attached hydrogen (secondary N) is 1. The first-order valence-electron chi connectivity index (χ1n) is 9.52. The van der Waals surface area contributed by atoms with E-state index >= 15 is 0 Å². The van der Waals surface area contributed by atoms with Crippen molar-refractivity contribution in [3.05, 3.63) is 46.6 Å². The summed E-state index contributed by atoms with van der Waals surface area (Å²) in [5.74, 6) is -0.349. The molecule has 4 rings (SSSR count). The molecular formula is C21H21N3O3S2. The highest BCUT2D eigenvalue weighted by Crippen LogP contribution is 2.38. The van der Waals surface area contributed by atoms with Gasteiger partial charge in [-0.2, -0.15) is 0 Å². The normalized spacial score (nSPS) is 13.6. The molecule has 1 aromatic carbocycles. The van der Waals surface area contributed by atoms with Gasteiger partial charge in [0.2, 0.25) is 5.91 Å². The Morgan fingerprint density at radius 1 is 1.17 bits per heavy atom. The number of nitrogens with zero attached hydrogens (tertiary/aromatic N) is 2. The lowest BCUT2D eigenvalue weighted by atomic mass is 10.1. The monoisotopic (exact) mass is 427 g/mol. The van der Waals surface area contributed by atoms with Crippen molar-refractivity contribution in [2.75, 3.05) is 18.2 Å². The van der Waals surface area contributed by atoms with Crippen LogP contribution in [0.1, 0.15) is 40.1 Å². The van der Waals surface area contributed by atoms with Crippen molar-refractivity contribution in [2.24, 2.45) is 0 Å². The van der Waals surface area contributed by atoms with Gasteiger partial charge < -0.3 is 10.1 Å². The maximum atomic E-state index is 12.6. The first kappa shape index (κ1) is 19.8. The quantitative estimate of drug-likeness (QED) is 0.280. The van der Waals surface area contributed by atoms with E-state index < -0.39 is 0 Å². The van der Waals surface area contributed by atoms with Gasteiger partial charge in [0.1, 0.15) is 16.4 Å². The molecule has 0 bridgehead atoms. The van der Waals surface area contributed by atoms with Gasteiger partial charge in [-0.05, 0) is 37.3 Å². The number of hydrogen-bond donors (Lipinski definition) is 1. The average Bonchev–Trinajstić information content (AvgIpc) is 2.91.